The number of carbonyl (C=O) groups excluding carboxylic acids is 1. The van der Waals surface area contributed by atoms with Crippen LogP contribution in [-0.4, -0.2) is 131 Å². The summed E-state index contributed by atoms with van der Waals surface area (Å²) >= 11 is 0. The highest BCUT2D eigenvalue weighted by molar-refractivity contribution is 6.05. The first-order chi connectivity index (χ1) is 20.3. The van der Waals surface area contributed by atoms with Crippen LogP contribution in [0.1, 0.15) is 28.9 Å². The molecule has 3 aliphatic rings. The lowest BCUT2D eigenvalue weighted by molar-refractivity contribution is -0.358. The van der Waals surface area contributed by atoms with Gasteiger partial charge < -0.3 is 74.7 Å². The maximum absolute atomic E-state index is 13.6. The number of Topliss-reactive ketones (excluding diaryl/α,β-unsaturated/α-hetero) is 1. The molecule has 0 bridgehead atoms. The molecule has 10 N–H and O–H groups in total. The first-order valence-electron chi connectivity index (χ1n) is 13.2. The number of carbonyl (C=O) groups is 1. The zero-order valence-corrected chi connectivity index (χ0v) is 22.4. The minimum Gasteiger partial charge on any atom is -0.508 e. The molecule has 2 fully saturated rings. The lowest BCUT2D eigenvalue weighted by Gasteiger charge is -2.46. The topological polar surface area (TPSA) is 266 Å². The number of ether oxygens (including phenoxy) is 5. The van der Waals surface area contributed by atoms with Crippen LogP contribution in [0.2, 0.25) is 0 Å². The van der Waals surface area contributed by atoms with Gasteiger partial charge in [-0.2, -0.15) is 0 Å². The second-order valence-corrected chi connectivity index (χ2v) is 10.5. The fourth-order valence-corrected chi connectivity index (χ4v) is 5.28. The smallest absolute Gasteiger partial charge is 0.203 e. The second-order valence-electron chi connectivity index (χ2n) is 10.5. The number of aliphatic hydroxyl groups is 6. The average Bonchev–Trinajstić information content (AvgIpc) is 2.96. The summed E-state index contributed by atoms with van der Waals surface area (Å²) in [5.41, 5.74) is -0.241. The molecular weight excluding hydrogens is 580 g/mol. The Bertz CT molecular complexity index is 1330. The Morgan fingerprint density at radius 3 is 2.12 bits per heavy atom. The van der Waals surface area contributed by atoms with Crippen molar-refractivity contribution < 1.29 is 79.5 Å². The van der Waals surface area contributed by atoms with Crippen molar-refractivity contribution >= 4 is 5.78 Å². The molecule has 0 amide bonds. The van der Waals surface area contributed by atoms with Crippen molar-refractivity contribution in [1.29, 1.82) is 0 Å². The molecule has 0 radical (unpaired) electrons. The van der Waals surface area contributed by atoms with E-state index >= 15 is 0 Å². The van der Waals surface area contributed by atoms with Gasteiger partial charge in [0.05, 0.1) is 12.7 Å². The highest BCUT2D eigenvalue weighted by atomic mass is 16.7. The van der Waals surface area contributed by atoms with Crippen molar-refractivity contribution in [1.82, 2.24) is 0 Å². The van der Waals surface area contributed by atoms with Gasteiger partial charge in [-0.1, -0.05) is 6.07 Å². The Morgan fingerprint density at radius 2 is 1.44 bits per heavy atom. The lowest BCUT2D eigenvalue weighted by Crippen LogP contribution is -2.64. The molecule has 43 heavy (non-hydrogen) atoms. The number of phenols is 4. The summed E-state index contributed by atoms with van der Waals surface area (Å²) in [5.74, 6) is -3.15. The molecule has 2 aromatic rings. The number of fused-ring (bicyclic) bond motifs is 1. The Labute approximate surface area is 243 Å². The predicted molar refractivity (Wildman–Crippen MR) is 137 cm³/mol. The van der Waals surface area contributed by atoms with Gasteiger partial charge in [0.15, 0.2) is 36.3 Å². The first kappa shape index (κ1) is 31.1. The predicted octanol–water partition coefficient (Wildman–Crippen LogP) is -2.14. The number of hydrogen-bond acceptors (Lipinski definition) is 16. The average molecular weight is 613 g/mol. The fourth-order valence-electron chi connectivity index (χ4n) is 5.28. The van der Waals surface area contributed by atoms with Gasteiger partial charge in [0, 0.05) is 12.1 Å². The van der Waals surface area contributed by atoms with E-state index in [0.29, 0.717) is 0 Å². The molecule has 2 saturated heterocycles. The Kier molecular flexibility index (Phi) is 8.70. The van der Waals surface area contributed by atoms with Crippen molar-refractivity contribution in [3.63, 3.8) is 0 Å². The lowest BCUT2D eigenvalue weighted by atomic mass is 9.92. The second kappa shape index (κ2) is 12.0. The van der Waals surface area contributed by atoms with E-state index in [1.54, 1.807) is 0 Å². The molecule has 16 nitrogen and oxygen atoms in total. The van der Waals surface area contributed by atoms with Gasteiger partial charge in [-0.05, 0) is 24.6 Å². The van der Waals surface area contributed by atoms with Crippen molar-refractivity contribution in [3.8, 4) is 28.7 Å². The highest BCUT2D eigenvalue weighted by Crippen LogP contribution is 2.44. The van der Waals surface area contributed by atoms with E-state index in [1.165, 1.54) is 13.0 Å². The highest BCUT2D eigenvalue weighted by Gasteiger charge is 2.52. The Morgan fingerprint density at radius 1 is 0.767 bits per heavy atom. The fraction of sp³-hybridized carbons (Fsp3) is 0.519. The molecule has 16 heteroatoms. The number of aliphatic hydroxyl groups excluding tert-OH is 6. The maximum Gasteiger partial charge on any atom is 0.203 e. The summed E-state index contributed by atoms with van der Waals surface area (Å²) < 4.78 is 28.3. The summed E-state index contributed by atoms with van der Waals surface area (Å²) in [4.78, 5) is 13.6. The Balaban J connectivity index is 1.39. The quantitative estimate of drug-likeness (QED) is 0.156. The molecule has 0 saturated carbocycles. The van der Waals surface area contributed by atoms with Crippen molar-refractivity contribution in [2.45, 2.75) is 80.5 Å². The van der Waals surface area contributed by atoms with Crippen LogP contribution in [0, 0.1) is 0 Å². The van der Waals surface area contributed by atoms with Gasteiger partial charge in [0.2, 0.25) is 5.78 Å². The van der Waals surface area contributed by atoms with Crippen LogP contribution in [0.4, 0.5) is 0 Å². The zero-order chi connectivity index (χ0) is 31.3. The standard InChI is InChI=1S/C27H32O16/c1-8-23(42-27-21(37)19(35)17(33)15(7-28)41-27)20(36)22(38)26(39-8)43-25-18(34)16-13(32)5-10(29)6-14(16)40-24(25)9-2-3-11(30)12(31)4-9/h2-6,8,15,17,19-33,35-38H,7H2,1H3/t8-,15+,17+,19-,20-,21+,22-,23-,24+,25-,26-,27-/m0/s1. The molecule has 0 aliphatic carbocycles. The number of hydrogen-bond donors (Lipinski definition) is 10. The van der Waals surface area contributed by atoms with E-state index in [0.717, 1.165) is 24.3 Å². The van der Waals surface area contributed by atoms with Gasteiger partial charge in [0.1, 0.15) is 65.5 Å². The van der Waals surface area contributed by atoms with E-state index in [1.807, 2.05) is 0 Å². The van der Waals surface area contributed by atoms with Gasteiger partial charge in [-0.3, -0.25) is 4.79 Å². The molecular formula is C27H32O16. The van der Waals surface area contributed by atoms with E-state index < -0.39 is 109 Å². The first-order valence-corrected chi connectivity index (χ1v) is 13.2. The normalized spacial score (nSPS) is 37.9. The third-order valence-electron chi connectivity index (χ3n) is 7.63. The van der Waals surface area contributed by atoms with Crippen LogP contribution in [0.15, 0.2) is 30.3 Å². The third-order valence-corrected chi connectivity index (χ3v) is 7.63. The molecule has 0 unspecified atom stereocenters. The van der Waals surface area contributed by atoms with Crippen LogP contribution in [0.3, 0.4) is 0 Å². The van der Waals surface area contributed by atoms with Crippen molar-refractivity contribution in [2.24, 2.45) is 0 Å². The van der Waals surface area contributed by atoms with Crippen molar-refractivity contribution in [3.05, 3.63) is 41.5 Å². The summed E-state index contributed by atoms with van der Waals surface area (Å²) in [7, 11) is 0. The third kappa shape index (κ3) is 5.69. The molecule has 5 rings (SSSR count). The zero-order valence-electron chi connectivity index (χ0n) is 22.4. The van der Waals surface area contributed by atoms with E-state index in [-0.39, 0.29) is 16.9 Å². The molecule has 0 aromatic heterocycles. The minimum absolute atomic E-state index is 0.116. The van der Waals surface area contributed by atoms with Crippen LogP contribution in [0.5, 0.6) is 28.7 Å². The molecule has 3 aliphatic heterocycles. The van der Waals surface area contributed by atoms with Gasteiger partial charge in [0.25, 0.3) is 0 Å². The van der Waals surface area contributed by atoms with Gasteiger partial charge >= 0.3 is 0 Å². The number of rotatable bonds is 6. The van der Waals surface area contributed by atoms with Crippen LogP contribution >= 0.6 is 0 Å². The largest absolute Gasteiger partial charge is 0.508 e. The van der Waals surface area contributed by atoms with Crippen LogP contribution in [0.25, 0.3) is 0 Å². The molecule has 236 valence electrons. The minimum atomic E-state index is -1.90. The SMILES string of the molecule is C[C@@H]1O[C@@H](O[C@H]2C(=O)c3c(O)cc(O)cc3O[C@@H]2c2ccc(O)c(O)c2)[C@@H](O)[C@H](O)[C@H]1O[C@@H]1O[C@H](CO)[C@@H](O)[C@H](O)[C@H]1O. The summed E-state index contributed by atoms with van der Waals surface area (Å²) in [6.45, 7) is 0.678. The number of phenolic OH excluding ortho intramolecular Hbond substituents is 4. The van der Waals surface area contributed by atoms with Crippen LogP contribution in [-0.2, 0) is 18.9 Å². The number of benzene rings is 2. The number of ketones is 1. The van der Waals surface area contributed by atoms with Crippen LogP contribution < -0.4 is 4.74 Å². The van der Waals surface area contributed by atoms with Gasteiger partial charge in [-0.25, -0.2) is 0 Å². The molecule has 3 heterocycles. The summed E-state index contributed by atoms with van der Waals surface area (Å²) in [6, 6.07) is 5.52. The molecule has 12 atom stereocenters. The van der Waals surface area contributed by atoms with E-state index in [9.17, 15) is 55.9 Å². The van der Waals surface area contributed by atoms with Gasteiger partial charge in [-0.15, -0.1) is 0 Å². The van der Waals surface area contributed by atoms with E-state index in [2.05, 4.69) is 0 Å². The molecule has 0 spiro atoms. The monoisotopic (exact) mass is 612 g/mol. The molecule has 2 aromatic carbocycles. The number of aromatic hydroxyl groups is 4. The summed E-state index contributed by atoms with van der Waals surface area (Å²) in [5, 5.41) is 102. The maximum atomic E-state index is 13.6. The van der Waals surface area contributed by atoms with Crippen molar-refractivity contribution in [2.75, 3.05) is 6.61 Å². The summed E-state index contributed by atoms with van der Waals surface area (Å²) in [6.07, 6.45) is -19.1. The Hall–Kier alpha value is -3.29. The van der Waals surface area contributed by atoms with E-state index in [4.69, 9.17) is 23.7 Å².